The molecule has 0 saturated carbocycles. The lowest BCUT2D eigenvalue weighted by molar-refractivity contribution is 0.0911. The first-order valence-corrected chi connectivity index (χ1v) is 7.40. The number of hydrogen-bond acceptors (Lipinski definition) is 3. The minimum Gasteiger partial charge on any atom is -0.378 e. The van der Waals surface area contributed by atoms with Gasteiger partial charge in [0.1, 0.15) is 0 Å². The Kier molecular flexibility index (Phi) is 7.81. The quantitative estimate of drug-likeness (QED) is 0.538. The van der Waals surface area contributed by atoms with E-state index >= 15 is 0 Å². The number of nitrogens with one attached hydrogen (secondary N) is 1. The third-order valence-electron chi connectivity index (χ3n) is 1.44. The molecule has 0 aromatic heterocycles. The highest BCUT2D eigenvalue weighted by molar-refractivity contribution is 9.09. The third-order valence-corrected chi connectivity index (χ3v) is 3.34. The van der Waals surface area contributed by atoms with Gasteiger partial charge in [0, 0.05) is 11.9 Å². The van der Waals surface area contributed by atoms with E-state index in [1.807, 2.05) is 13.8 Å². The average Bonchev–Trinajstić information content (AvgIpc) is 2.03. The molecule has 1 N–H and O–H groups in total. The molecule has 0 aromatic rings. The van der Waals surface area contributed by atoms with Crippen LogP contribution in [0.4, 0.5) is 0 Å². The van der Waals surface area contributed by atoms with Crippen LogP contribution in [-0.4, -0.2) is 38.8 Å². The molecule has 86 valence electrons. The fourth-order valence-electron chi connectivity index (χ4n) is 0.760. The van der Waals surface area contributed by atoms with Gasteiger partial charge < -0.3 is 4.74 Å². The van der Waals surface area contributed by atoms with E-state index in [0.29, 0.717) is 6.54 Å². The Morgan fingerprint density at radius 2 is 2.07 bits per heavy atom. The van der Waals surface area contributed by atoms with Gasteiger partial charge in [-0.1, -0.05) is 15.9 Å². The minimum atomic E-state index is -3.15. The van der Waals surface area contributed by atoms with Gasteiger partial charge >= 0.3 is 0 Å². The SMILES string of the molecule is CC(C)OCCS(=O)(=O)NCCCBr. The molecule has 0 aromatic carbocycles. The van der Waals surface area contributed by atoms with Crippen LogP contribution < -0.4 is 4.72 Å². The van der Waals surface area contributed by atoms with Crippen molar-refractivity contribution in [3.8, 4) is 0 Å². The van der Waals surface area contributed by atoms with Crippen LogP contribution in [0.3, 0.4) is 0 Å². The van der Waals surface area contributed by atoms with E-state index in [2.05, 4.69) is 20.7 Å². The normalized spacial score (nSPS) is 12.3. The van der Waals surface area contributed by atoms with Crippen molar-refractivity contribution >= 4 is 26.0 Å². The number of hydrogen-bond donors (Lipinski definition) is 1. The van der Waals surface area contributed by atoms with E-state index in [4.69, 9.17) is 4.74 Å². The van der Waals surface area contributed by atoms with Gasteiger partial charge in [-0.25, -0.2) is 13.1 Å². The summed E-state index contributed by atoms with van der Waals surface area (Å²) in [5.41, 5.74) is 0. The second-order valence-corrected chi connectivity index (χ2v) is 5.89. The van der Waals surface area contributed by atoms with Crippen LogP contribution in [0.1, 0.15) is 20.3 Å². The summed E-state index contributed by atoms with van der Waals surface area (Å²) in [6, 6.07) is 0. The molecule has 0 atom stereocenters. The standard InChI is InChI=1S/C8H18BrNO3S/c1-8(2)13-6-7-14(11,12)10-5-3-4-9/h8,10H,3-7H2,1-2H3. The van der Waals surface area contributed by atoms with Crippen molar-refractivity contribution in [1.82, 2.24) is 4.72 Å². The molecule has 4 nitrogen and oxygen atoms in total. The molecule has 0 aliphatic carbocycles. The van der Waals surface area contributed by atoms with Gasteiger partial charge in [0.15, 0.2) is 0 Å². The maximum absolute atomic E-state index is 11.3. The Bertz CT molecular complexity index is 229. The van der Waals surface area contributed by atoms with E-state index in [1.54, 1.807) is 0 Å². The van der Waals surface area contributed by atoms with Crippen LogP contribution >= 0.6 is 15.9 Å². The van der Waals surface area contributed by atoms with Crippen molar-refractivity contribution in [3.05, 3.63) is 0 Å². The van der Waals surface area contributed by atoms with Crippen molar-refractivity contribution < 1.29 is 13.2 Å². The summed E-state index contributed by atoms with van der Waals surface area (Å²) in [4.78, 5) is 0. The van der Waals surface area contributed by atoms with Crippen molar-refractivity contribution in [2.24, 2.45) is 0 Å². The predicted octanol–water partition coefficient (Wildman–Crippen LogP) is 1.12. The van der Waals surface area contributed by atoms with E-state index < -0.39 is 10.0 Å². The minimum absolute atomic E-state index is 0.0352. The maximum atomic E-state index is 11.3. The van der Waals surface area contributed by atoms with Crippen LogP contribution in [0.15, 0.2) is 0 Å². The van der Waals surface area contributed by atoms with Crippen LogP contribution in [0.5, 0.6) is 0 Å². The topological polar surface area (TPSA) is 55.4 Å². The number of alkyl halides is 1. The molecule has 0 saturated heterocycles. The van der Waals surface area contributed by atoms with Gasteiger partial charge in [0.05, 0.1) is 18.5 Å². The monoisotopic (exact) mass is 287 g/mol. The zero-order valence-electron chi connectivity index (χ0n) is 8.62. The predicted molar refractivity (Wildman–Crippen MR) is 61.3 cm³/mol. The lowest BCUT2D eigenvalue weighted by atomic mass is 10.5. The Morgan fingerprint density at radius 1 is 1.43 bits per heavy atom. The molecule has 6 heteroatoms. The summed E-state index contributed by atoms with van der Waals surface area (Å²) in [6.45, 7) is 4.49. The first kappa shape index (κ1) is 14.3. The molecule has 0 unspecified atom stereocenters. The van der Waals surface area contributed by atoms with E-state index in [0.717, 1.165) is 11.8 Å². The number of rotatable bonds is 8. The number of halogens is 1. The van der Waals surface area contributed by atoms with Crippen molar-refractivity contribution in [1.29, 1.82) is 0 Å². The lowest BCUT2D eigenvalue weighted by Gasteiger charge is -2.08. The highest BCUT2D eigenvalue weighted by Gasteiger charge is 2.09. The second-order valence-electron chi connectivity index (χ2n) is 3.18. The van der Waals surface area contributed by atoms with Gasteiger partial charge in [0.2, 0.25) is 10.0 Å². The maximum Gasteiger partial charge on any atom is 0.213 e. The average molecular weight is 288 g/mol. The Morgan fingerprint density at radius 3 is 2.57 bits per heavy atom. The van der Waals surface area contributed by atoms with Crippen molar-refractivity contribution in [2.45, 2.75) is 26.4 Å². The summed E-state index contributed by atoms with van der Waals surface area (Å²) >= 11 is 3.23. The summed E-state index contributed by atoms with van der Waals surface area (Å²) in [6.07, 6.45) is 0.873. The highest BCUT2D eigenvalue weighted by Crippen LogP contribution is 1.92. The summed E-state index contributed by atoms with van der Waals surface area (Å²) in [5.74, 6) is 0.0352. The van der Waals surface area contributed by atoms with E-state index in [9.17, 15) is 8.42 Å². The van der Waals surface area contributed by atoms with Crippen molar-refractivity contribution in [2.75, 3.05) is 24.2 Å². The zero-order chi connectivity index (χ0) is 11.0. The summed E-state index contributed by atoms with van der Waals surface area (Å²) in [7, 11) is -3.15. The van der Waals surface area contributed by atoms with Gasteiger partial charge in [-0.15, -0.1) is 0 Å². The molecule has 0 aliphatic heterocycles. The smallest absolute Gasteiger partial charge is 0.213 e. The lowest BCUT2D eigenvalue weighted by Crippen LogP contribution is -2.29. The van der Waals surface area contributed by atoms with Gasteiger partial charge in [0.25, 0.3) is 0 Å². The largest absolute Gasteiger partial charge is 0.378 e. The van der Waals surface area contributed by atoms with Crippen LogP contribution in [0.25, 0.3) is 0 Å². The highest BCUT2D eigenvalue weighted by atomic mass is 79.9. The number of ether oxygens (including phenoxy) is 1. The van der Waals surface area contributed by atoms with Crippen LogP contribution in [0, 0.1) is 0 Å². The van der Waals surface area contributed by atoms with E-state index in [1.165, 1.54) is 0 Å². The molecule has 0 fully saturated rings. The first-order valence-electron chi connectivity index (χ1n) is 4.63. The van der Waals surface area contributed by atoms with Crippen LogP contribution in [-0.2, 0) is 14.8 Å². The molecular formula is C8H18BrNO3S. The molecule has 0 rings (SSSR count). The molecule has 0 radical (unpaired) electrons. The van der Waals surface area contributed by atoms with E-state index in [-0.39, 0.29) is 18.5 Å². The fraction of sp³-hybridized carbons (Fsp3) is 1.00. The molecule has 0 amide bonds. The molecular weight excluding hydrogens is 270 g/mol. The zero-order valence-corrected chi connectivity index (χ0v) is 11.0. The molecule has 0 spiro atoms. The van der Waals surface area contributed by atoms with Gasteiger partial charge in [-0.05, 0) is 20.3 Å². The number of sulfonamides is 1. The fourth-order valence-corrected chi connectivity index (χ4v) is 1.96. The third kappa shape index (κ3) is 8.93. The van der Waals surface area contributed by atoms with Crippen molar-refractivity contribution in [3.63, 3.8) is 0 Å². The first-order chi connectivity index (χ1) is 6.48. The van der Waals surface area contributed by atoms with Crippen LogP contribution in [0.2, 0.25) is 0 Å². The molecule has 0 heterocycles. The van der Waals surface area contributed by atoms with Gasteiger partial charge in [-0.3, -0.25) is 0 Å². The second kappa shape index (κ2) is 7.62. The van der Waals surface area contributed by atoms with Gasteiger partial charge in [-0.2, -0.15) is 0 Å². The molecule has 0 bridgehead atoms. The Labute approximate surface area is 94.6 Å². The summed E-state index contributed by atoms with van der Waals surface area (Å²) < 4.78 is 30.2. The Hall–Kier alpha value is 0.350. The Balaban J connectivity index is 3.62. The summed E-state index contributed by atoms with van der Waals surface area (Å²) in [5, 5.41) is 0.804. The molecule has 0 aliphatic rings. The molecule has 14 heavy (non-hydrogen) atoms.